The zero-order valence-electron chi connectivity index (χ0n) is 16.9. The summed E-state index contributed by atoms with van der Waals surface area (Å²) in [5.41, 5.74) is 4.70. The van der Waals surface area contributed by atoms with Crippen molar-refractivity contribution in [3.05, 3.63) is 60.2 Å². The number of hydrogen-bond donors (Lipinski definition) is 0. The van der Waals surface area contributed by atoms with Crippen LogP contribution in [0.2, 0.25) is 0 Å². The van der Waals surface area contributed by atoms with E-state index in [-0.39, 0.29) is 0 Å². The van der Waals surface area contributed by atoms with Crippen LogP contribution in [0.4, 0.5) is 5.95 Å². The molecule has 146 valence electrons. The van der Waals surface area contributed by atoms with Crippen molar-refractivity contribution in [2.24, 2.45) is 0 Å². The van der Waals surface area contributed by atoms with E-state index in [0.29, 0.717) is 6.04 Å². The Balaban J connectivity index is 1.69. The van der Waals surface area contributed by atoms with Gasteiger partial charge in [-0.05, 0) is 31.9 Å². The Labute approximate surface area is 166 Å². The van der Waals surface area contributed by atoms with E-state index < -0.39 is 0 Å². The van der Waals surface area contributed by atoms with E-state index in [1.807, 2.05) is 42.1 Å². The number of anilines is 1. The molecule has 6 heteroatoms. The molecule has 1 atom stereocenters. The molecule has 1 aromatic carbocycles. The molecule has 1 unspecified atom stereocenters. The Hall–Kier alpha value is -2.73. The minimum absolute atomic E-state index is 0.293. The molecule has 0 bridgehead atoms. The van der Waals surface area contributed by atoms with Gasteiger partial charge in [0.25, 0.3) is 0 Å². The standard InChI is InChI=1S/C22H28N6/c1-4-28-16-17(13-24-28)15-27-12-8-11-20(27)21-19(18-9-6-5-7-10-18)14-23-22(25-21)26(2)3/h5-7,9-10,13-14,16,20H,4,8,11-12,15H2,1-3H3. The fourth-order valence-electron chi connectivity index (χ4n) is 3.92. The number of aryl methyl sites for hydroxylation is 1. The number of nitrogens with zero attached hydrogens (tertiary/aromatic N) is 6. The summed E-state index contributed by atoms with van der Waals surface area (Å²) >= 11 is 0. The predicted molar refractivity (Wildman–Crippen MR) is 112 cm³/mol. The van der Waals surface area contributed by atoms with Crippen molar-refractivity contribution in [2.45, 2.75) is 38.9 Å². The number of benzene rings is 1. The maximum Gasteiger partial charge on any atom is 0.225 e. The third-order valence-electron chi connectivity index (χ3n) is 5.37. The number of rotatable bonds is 6. The normalized spacial score (nSPS) is 17.2. The highest BCUT2D eigenvalue weighted by atomic mass is 15.3. The van der Waals surface area contributed by atoms with E-state index in [0.717, 1.165) is 43.3 Å². The van der Waals surface area contributed by atoms with Gasteiger partial charge >= 0.3 is 0 Å². The third kappa shape index (κ3) is 3.78. The lowest BCUT2D eigenvalue weighted by molar-refractivity contribution is 0.245. The van der Waals surface area contributed by atoms with Crippen molar-refractivity contribution < 1.29 is 0 Å². The van der Waals surface area contributed by atoms with Crippen LogP contribution in [-0.2, 0) is 13.1 Å². The Kier molecular flexibility index (Phi) is 5.39. The van der Waals surface area contributed by atoms with Crippen LogP contribution in [-0.4, -0.2) is 45.3 Å². The average molecular weight is 377 g/mol. The van der Waals surface area contributed by atoms with Crippen LogP contribution in [0.1, 0.15) is 37.1 Å². The summed E-state index contributed by atoms with van der Waals surface area (Å²) in [6.07, 6.45) is 8.42. The predicted octanol–water partition coefficient (Wildman–Crippen LogP) is 3.76. The number of aromatic nitrogens is 4. The quantitative estimate of drug-likeness (QED) is 0.656. The SMILES string of the molecule is CCn1cc(CN2CCCC2c2nc(N(C)C)ncc2-c2ccccc2)cn1. The molecular weight excluding hydrogens is 348 g/mol. The molecule has 0 saturated carbocycles. The molecule has 3 aromatic rings. The molecule has 0 N–H and O–H groups in total. The first kappa shape index (κ1) is 18.6. The van der Waals surface area contributed by atoms with Crippen LogP contribution in [0, 0.1) is 0 Å². The van der Waals surface area contributed by atoms with E-state index in [1.165, 1.54) is 17.5 Å². The van der Waals surface area contributed by atoms with Crippen LogP contribution in [0.5, 0.6) is 0 Å². The van der Waals surface area contributed by atoms with Crippen LogP contribution in [0.15, 0.2) is 48.9 Å². The van der Waals surface area contributed by atoms with Crippen molar-refractivity contribution in [1.29, 1.82) is 0 Å². The Bertz CT molecular complexity index is 918. The molecule has 0 amide bonds. The molecule has 3 heterocycles. The zero-order valence-corrected chi connectivity index (χ0v) is 16.9. The second-order valence-electron chi connectivity index (χ2n) is 7.56. The van der Waals surface area contributed by atoms with Crippen molar-refractivity contribution in [3.8, 4) is 11.1 Å². The fourth-order valence-corrected chi connectivity index (χ4v) is 3.92. The lowest BCUT2D eigenvalue weighted by Crippen LogP contribution is -2.25. The van der Waals surface area contributed by atoms with E-state index in [1.54, 1.807) is 0 Å². The molecule has 4 rings (SSSR count). The van der Waals surface area contributed by atoms with E-state index in [2.05, 4.69) is 52.4 Å². The van der Waals surface area contributed by atoms with E-state index >= 15 is 0 Å². The van der Waals surface area contributed by atoms with Crippen molar-refractivity contribution >= 4 is 5.95 Å². The summed E-state index contributed by atoms with van der Waals surface area (Å²) in [5, 5.41) is 4.43. The summed E-state index contributed by atoms with van der Waals surface area (Å²) < 4.78 is 1.99. The summed E-state index contributed by atoms with van der Waals surface area (Å²) in [4.78, 5) is 14.1. The molecule has 0 spiro atoms. The smallest absolute Gasteiger partial charge is 0.225 e. The fraction of sp³-hybridized carbons (Fsp3) is 0.409. The van der Waals surface area contributed by atoms with Gasteiger partial charge in [-0.1, -0.05) is 30.3 Å². The molecule has 0 aliphatic carbocycles. The van der Waals surface area contributed by atoms with Crippen LogP contribution in [0.3, 0.4) is 0 Å². The summed E-state index contributed by atoms with van der Waals surface area (Å²) in [6, 6.07) is 10.8. The first-order chi connectivity index (χ1) is 13.7. The molecule has 2 aromatic heterocycles. The highest BCUT2D eigenvalue weighted by Gasteiger charge is 2.30. The maximum atomic E-state index is 5.00. The maximum absolute atomic E-state index is 5.00. The molecule has 1 fully saturated rings. The van der Waals surface area contributed by atoms with Gasteiger partial charge in [0.15, 0.2) is 0 Å². The highest BCUT2D eigenvalue weighted by Crippen LogP contribution is 2.37. The van der Waals surface area contributed by atoms with Gasteiger partial charge in [0.05, 0.1) is 17.9 Å². The first-order valence-corrected chi connectivity index (χ1v) is 10.0. The topological polar surface area (TPSA) is 50.1 Å². The second kappa shape index (κ2) is 8.10. The van der Waals surface area contributed by atoms with Crippen LogP contribution < -0.4 is 4.90 Å². The van der Waals surface area contributed by atoms with E-state index in [4.69, 9.17) is 4.98 Å². The highest BCUT2D eigenvalue weighted by molar-refractivity contribution is 5.66. The van der Waals surface area contributed by atoms with Crippen molar-refractivity contribution in [1.82, 2.24) is 24.6 Å². The van der Waals surface area contributed by atoms with Gasteiger partial charge in [0.2, 0.25) is 5.95 Å². The van der Waals surface area contributed by atoms with Crippen molar-refractivity contribution in [2.75, 3.05) is 25.5 Å². The van der Waals surface area contributed by atoms with Gasteiger partial charge in [0, 0.05) is 50.7 Å². The monoisotopic (exact) mass is 376 g/mol. The van der Waals surface area contributed by atoms with Crippen molar-refractivity contribution in [3.63, 3.8) is 0 Å². The van der Waals surface area contributed by atoms with Gasteiger partial charge < -0.3 is 4.90 Å². The van der Waals surface area contributed by atoms with Gasteiger partial charge in [-0.3, -0.25) is 9.58 Å². The molecule has 1 aliphatic rings. The molecule has 1 aliphatic heterocycles. The van der Waals surface area contributed by atoms with Gasteiger partial charge in [-0.25, -0.2) is 9.97 Å². The summed E-state index contributed by atoms with van der Waals surface area (Å²) in [6.45, 7) is 5.00. The lowest BCUT2D eigenvalue weighted by Gasteiger charge is -2.26. The Morgan fingerprint density at radius 2 is 1.96 bits per heavy atom. The van der Waals surface area contributed by atoms with Gasteiger partial charge in [0.1, 0.15) is 0 Å². The summed E-state index contributed by atoms with van der Waals surface area (Å²) in [7, 11) is 3.99. The molecular formula is C22H28N6. The van der Waals surface area contributed by atoms with Gasteiger partial charge in [-0.15, -0.1) is 0 Å². The molecule has 1 saturated heterocycles. The van der Waals surface area contributed by atoms with Gasteiger partial charge in [-0.2, -0.15) is 5.10 Å². The average Bonchev–Trinajstić information content (AvgIpc) is 3.38. The largest absolute Gasteiger partial charge is 0.347 e. The summed E-state index contributed by atoms with van der Waals surface area (Å²) in [5.74, 6) is 0.764. The Morgan fingerprint density at radius 3 is 2.68 bits per heavy atom. The number of likely N-dealkylation sites (tertiary alicyclic amines) is 1. The lowest BCUT2D eigenvalue weighted by atomic mass is 10.00. The second-order valence-corrected chi connectivity index (χ2v) is 7.56. The minimum Gasteiger partial charge on any atom is -0.347 e. The minimum atomic E-state index is 0.293. The number of hydrogen-bond acceptors (Lipinski definition) is 5. The zero-order chi connectivity index (χ0) is 19.5. The first-order valence-electron chi connectivity index (χ1n) is 10.0. The van der Waals surface area contributed by atoms with Crippen LogP contribution >= 0.6 is 0 Å². The molecule has 6 nitrogen and oxygen atoms in total. The molecule has 28 heavy (non-hydrogen) atoms. The third-order valence-corrected chi connectivity index (χ3v) is 5.37. The Morgan fingerprint density at radius 1 is 1.14 bits per heavy atom. The van der Waals surface area contributed by atoms with E-state index in [9.17, 15) is 0 Å². The van der Waals surface area contributed by atoms with Crippen LogP contribution in [0.25, 0.3) is 11.1 Å². The molecule has 0 radical (unpaired) electrons.